The van der Waals surface area contributed by atoms with Crippen LogP contribution in [0.25, 0.3) is 0 Å². The van der Waals surface area contributed by atoms with E-state index in [0.29, 0.717) is 0 Å². The SMILES string of the molecule is CCCC(C)c1ccc(C(F)(F)F)nc1OC. The fourth-order valence-corrected chi connectivity index (χ4v) is 1.74. The number of nitrogens with zero attached hydrogens (tertiary/aromatic N) is 1. The number of ether oxygens (including phenoxy) is 1. The van der Waals surface area contributed by atoms with Crippen LogP contribution in [0.4, 0.5) is 13.2 Å². The maximum atomic E-state index is 12.5. The highest BCUT2D eigenvalue weighted by Crippen LogP contribution is 2.33. The number of halogens is 3. The first kappa shape index (κ1) is 13.8. The van der Waals surface area contributed by atoms with Crippen LogP contribution in [0.3, 0.4) is 0 Å². The molecule has 1 aromatic rings. The summed E-state index contributed by atoms with van der Waals surface area (Å²) in [5.74, 6) is 0.213. The van der Waals surface area contributed by atoms with E-state index in [1.54, 1.807) is 0 Å². The Balaban J connectivity index is 3.10. The predicted molar refractivity (Wildman–Crippen MR) is 59.1 cm³/mol. The van der Waals surface area contributed by atoms with Crippen LogP contribution in [0, 0.1) is 0 Å². The van der Waals surface area contributed by atoms with E-state index in [2.05, 4.69) is 4.98 Å². The Morgan fingerprint density at radius 1 is 1.35 bits per heavy atom. The van der Waals surface area contributed by atoms with E-state index >= 15 is 0 Å². The summed E-state index contributed by atoms with van der Waals surface area (Å²) in [6.45, 7) is 3.98. The third kappa shape index (κ3) is 3.35. The normalized spacial score (nSPS) is 13.5. The lowest BCUT2D eigenvalue weighted by Crippen LogP contribution is -2.10. The average molecular weight is 247 g/mol. The third-order valence-electron chi connectivity index (χ3n) is 2.63. The van der Waals surface area contributed by atoms with Crippen molar-refractivity contribution in [3.05, 3.63) is 23.4 Å². The van der Waals surface area contributed by atoms with E-state index in [-0.39, 0.29) is 11.8 Å². The molecule has 1 heterocycles. The zero-order valence-electron chi connectivity index (χ0n) is 10.1. The molecule has 0 spiro atoms. The van der Waals surface area contributed by atoms with Crippen LogP contribution in [0.2, 0.25) is 0 Å². The molecule has 0 bridgehead atoms. The second kappa shape index (κ2) is 5.38. The van der Waals surface area contributed by atoms with Gasteiger partial charge in [0.1, 0.15) is 5.69 Å². The highest BCUT2D eigenvalue weighted by molar-refractivity contribution is 5.32. The van der Waals surface area contributed by atoms with Crippen LogP contribution >= 0.6 is 0 Å². The maximum Gasteiger partial charge on any atom is 0.433 e. The molecule has 0 saturated heterocycles. The molecule has 0 aliphatic carbocycles. The molecule has 0 fully saturated rings. The molecule has 5 heteroatoms. The molecule has 1 unspecified atom stereocenters. The summed E-state index contributed by atoms with van der Waals surface area (Å²) in [5.41, 5.74) is -0.191. The van der Waals surface area contributed by atoms with Crippen LogP contribution < -0.4 is 4.74 Å². The van der Waals surface area contributed by atoms with Crippen molar-refractivity contribution in [1.29, 1.82) is 0 Å². The van der Waals surface area contributed by atoms with Crippen molar-refractivity contribution in [2.75, 3.05) is 7.11 Å². The Morgan fingerprint density at radius 2 is 2.00 bits per heavy atom. The van der Waals surface area contributed by atoms with Crippen LogP contribution in [-0.4, -0.2) is 12.1 Å². The molecule has 0 N–H and O–H groups in total. The van der Waals surface area contributed by atoms with Crippen molar-refractivity contribution >= 4 is 0 Å². The van der Waals surface area contributed by atoms with Crippen molar-refractivity contribution < 1.29 is 17.9 Å². The monoisotopic (exact) mass is 247 g/mol. The van der Waals surface area contributed by atoms with E-state index < -0.39 is 11.9 Å². The Hall–Kier alpha value is -1.26. The van der Waals surface area contributed by atoms with E-state index in [9.17, 15) is 13.2 Å². The Labute approximate surface area is 98.8 Å². The molecule has 17 heavy (non-hydrogen) atoms. The van der Waals surface area contributed by atoms with Gasteiger partial charge in [0.15, 0.2) is 0 Å². The number of pyridine rings is 1. The Bertz CT molecular complexity index is 377. The number of hydrogen-bond donors (Lipinski definition) is 0. The highest BCUT2D eigenvalue weighted by atomic mass is 19.4. The van der Waals surface area contributed by atoms with E-state index in [1.165, 1.54) is 13.2 Å². The predicted octanol–water partition coefficient (Wildman–Crippen LogP) is 4.01. The topological polar surface area (TPSA) is 22.1 Å². The second-order valence-electron chi connectivity index (χ2n) is 3.98. The lowest BCUT2D eigenvalue weighted by Gasteiger charge is -2.15. The fourth-order valence-electron chi connectivity index (χ4n) is 1.74. The minimum Gasteiger partial charge on any atom is -0.481 e. The molecule has 0 radical (unpaired) electrons. The fraction of sp³-hybridized carbons (Fsp3) is 0.583. The van der Waals surface area contributed by atoms with Crippen molar-refractivity contribution in [3.63, 3.8) is 0 Å². The van der Waals surface area contributed by atoms with E-state index in [1.807, 2.05) is 13.8 Å². The van der Waals surface area contributed by atoms with Gasteiger partial charge >= 0.3 is 6.18 Å². The molecule has 96 valence electrons. The summed E-state index contributed by atoms with van der Waals surface area (Å²) in [6, 6.07) is 2.46. The molecular weight excluding hydrogens is 231 g/mol. The Morgan fingerprint density at radius 3 is 2.47 bits per heavy atom. The van der Waals surface area contributed by atoms with Gasteiger partial charge in [0.2, 0.25) is 5.88 Å². The highest BCUT2D eigenvalue weighted by Gasteiger charge is 2.33. The first-order valence-electron chi connectivity index (χ1n) is 5.52. The summed E-state index contributed by atoms with van der Waals surface area (Å²) in [4.78, 5) is 3.52. The van der Waals surface area contributed by atoms with Crippen molar-refractivity contribution in [2.45, 2.75) is 38.8 Å². The van der Waals surface area contributed by atoms with Gasteiger partial charge in [-0.25, -0.2) is 4.98 Å². The summed E-state index contributed by atoms with van der Waals surface area (Å²) in [6.07, 6.45) is -2.57. The molecule has 1 atom stereocenters. The second-order valence-corrected chi connectivity index (χ2v) is 3.98. The molecule has 2 nitrogen and oxygen atoms in total. The first-order chi connectivity index (χ1) is 7.90. The van der Waals surface area contributed by atoms with E-state index in [4.69, 9.17) is 4.74 Å². The van der Waals surface area contributed by atoms with Crippen LogP contribution in [0.15, 0.2) is 12.1 Å². The molecule has 0 amide bonds. The molecule has 0 aromatic carbocycles. The van der Waals surface area contributed by atoms with E-state index in [0.717, 1.165) is 24.5 Å². The average Bonchev–Trinajstić information content (AvgIpc) is 2.27. The maximum absolute atomic E-state index is 12.5. The summed E-state index contributed by atoms with van der Waals surface area (Å²) >= 11 is 0. The Kier molecular flexibility index (Phi) is 4.37. The number of rotatable bonds is 4. The van der Waals surface area contributed by atoms with Gasteiger partial charge in [-0.3, -0.25) is 0 Å². The van der Waals surface area contributed by atoms with Gasteiger partial charge in [0, 0.05) is 5.56 Å². The summed E-state index contributed by atoms with van der Waals surface area (Å²) in [7, 11) is 1.34. The zero-order chi connectivity index (χ0) is 13.1. The smallest absolute Gasteiger partial charge is 0.433 e. The van der Waals surface area contributed by atoms with Gasteiger partial charge in [0.05, 0.1) is 7.11 Å². The van der Waals surface area contributed by atoms with Crippen LogP contribution in [-0.2, 0) is 6.18 Å². The standard InChI is InChI=1S/C12H16F3NO/c1-4-5-8(2)9-6-7-10(12(13,14)15)16-11(9)17-3/h6-8H,4-5H2,1-3H3. The summed E-state index contributed by atoms with van der Waals surface area (Å²) in [5, 5.41) is 0. The van der Waals surface area contributed by atoms with Gasteiger partial charge in [-0.15, -0.1) is 0 Å². The van der Waals surface area contributed by atoms with Gasteiger partial charge in [0.25, 0.3) is 0 Å². The number of aromatic nitrogens is 1. The molecule has 0 aliphatic heterocycles. The minimum atomic E-state index is -4.43. The third-order valence-corrected chi connectivity index (χ3v) is 2.63. The van der Waals surface area contributed by atoms with Crippen molar-refractivity contribution in [2.24, 2.45) is 0 Å². The lowest BCUT2D eigenvalue weighted by molar-refractivity contribution is -0.141. The van der Waals surface area contributed by atoms with Gasteiger partial charge in [-0.05, 0) is 18.4 Å². The molecule has 1 aromatic heterocycles. The van der Waals surface area contributed by atoms with Crippen LogP contribution in [0.1, 0.15) is 43.9 Å². The van der Waals surface area contributed by atoms with Crippen molar-refractivity contribution in [3.8, 4) is 5.88 Å². The molecule has 1 rings (SSSR count). The minimum absolute atomic E-state index is 0.0702. The first-order valence-corrected chi connectivity index (χ1v) is 5.52. The van der Waals surface area contributed by atoms with Gasteiger partial charge in [-0.2, -0.15) is 13.2 Å². The molecular formula is C12H16F3NO. The number of alkyl halides is 3. The molecule has 0 saturated carbocycles. The molecule has 0 aliphatic rings. The quantitative estimate of drug-likeness (QED) is 0.801. The van der Waals surface area contributed by atoms with Gasteiger partial charge < -0.3 is 4.74 Å². The number of hydrogen-bond acceptors (Lipinski definition) is 2. The zero-order valence-corrected chi connectivity index (χ0v) is 10.1. The number of methoxy groups -OCH3 is 1. The van der Waals surface area contributed by atoms with Crippen LogP contribution in [0.5, 0.6) is 5.88 Å². The lowest BCUT2D eigenvalue weighted by atomic mass is 9.97. The van der Waals surface area contributed by atoms with Crippen molar-refractivity contribution in [1.82, 2.24) is 4.98 Å². The summed E-state index contributed by atoms with van der Waals surface area (Å²) < 4.78 is 42.3. The largest absolute Gasteiger partial charge is 0.481 e. The van der Waals surface area contributed by atoms with Gasteiger partial charge in [-0.1, -0.05) is 26.3 Å².